The molecule has 0 bridgehead atoms. The highest BCUT2D eigenvalue weighted by Crippen LogP contribution is 2.33. The summed E-state index contributed by atoms with van der Waals surface area (Å²) in [6.45, 7) is 2.03. The molecule has 0 radical (unpaired) electrons. The first-order valence-corrected chi connectivity index (χ1v) is 11.5. The van der Waals surface area contributed by atoms with E-state index in [1.54, 1.807) is 36.7 Å². The van der Waals surface area contributed by atoms with E-state index in [4.69, 9.17) is 0 Å². The summed E-state index contributed by atoms with van der Waals surface area (Å²) in [6.07, 6.45) is 6.32. The van der Waals surface area contributed by atoms with E-state index in [0.29, 0.717) is 17.8 Å². The van der Waals surface area contributed by atoms with Gasteiger partial charge in [0.15, 0.2) is 0 Å². The largest absolute Gasteiger partial charge is 0.336 e. The van der Waals surface area contributed by atoms with Crippen LogP contribution in [0.3, 0.4) is 0 Å². The monoisotopic (exact) mass is 456 g/mol. The van der Waals surface area contributed by atoms with Crippen LogP contribution in [0.4, 0.5) is 5.69 Å². The average molecular weight is 457 g/mol. The van der Waals surface area contributed by atoms with Crippen LogP contribution in [-0.2, 0) is 9.59 Å². The molecule has 7 nitrogen and oxygen atoms in total. The number of carbonyl (C=O) groups is 3. The van der Waals surface area contributed by atoms with E-state index in [2.05, 4.69) is 15.6 Å². The fraction of sp³-hybridized carbons (Fsp3) is 0.259. The lowest BCUT2D eigenvalue weighted by Crippen LogP contribution is -2.46. The van der Waals surface area contributed by atoms with Crippen molar-refractivity contribution in [3.63, 3.8) is 0 Å². The van der Waals surface area contributed by atoms with Crippen molar-refractivity contribution in [2.45, 2.75) is 38.3 Å². The van der Waals surface area contributed by atoms with Crippen molar-refractivity contribution in [2.75, 3.05) is 11.9 Å². The zero-order valence-corrected chi connectivity index (χ0v) is 19.1. The fourth-order valence-corrected chi connectivity index (χ4v) is 4.37. The zero-order valence-electron chi connectivity index (χ0n) is 19.1. The van der Waals surface area contributed by atoms with Gasteiger partial charge in [-0.05, 0) is 54.7 Å². The molecule has 7 heteroatoms. The van der Waals surface area contributed by atoms with Crippen LogP contribution in [0.15, 0.2) is 79.1 Å². The maximum absolute atomic E-state index is 13.9. The third-order valence-electron chi connectivity index (χ3n) is 5.96. The minimum atomic E-state index is -0.838. The summed E-state index contributed by atoms with van der Waals surface area (Å²) in [4.78, 5) is 44.6. The Morgan fingerprint density at radius 3 is 2.56 bits per heavy atom. The molecule has 34 heavy (non-hydrogen) atoms. The summed E-state index contributed by atoms with van der Waals surface area (Å²) >= 11 is 0. The lowest BCUT2D eigenvalue weighted by Gasteiger charge is -2.38. The number of piperidine rings is 1. The molecule has 1 fully saturated rings. The van der Waals surface area contributed by atoms with Gasteiger partial charge in [-0.15, -0.1) is 0 Å². The standard InChI is InChI=1S/C27H28N4O3/c1-19(32)29-23-13-7-11-21(17-23)26(33)30-25(20-9-3-2-4-10-20)27(34)31-16-6-5-14-24(31)22-12-8-15-28-18-22/h2-4,7-13,15,17-18,24-25H,5-6,14,16H2,1H3,(H,29,32)(H,30,33). The summed E-state index contributed by atoms with van der Waals surface area (Å²) in [6, 6.07) is 18.9. The number of pyridine rings is 1. The topological polar surface area (TPSA) is 91.4 Å². The van der Waals surface area contributed by atoms with Crippen LogP contribution in [0, 0.1) is 0 Å². The molecule has 3 aromatic rings. The molecule has 0 saturated carbocycles. The van der Waals surface area contributed by atoms with Crippen LogP contribution in [-0.4, -0.2) is 34.2 Å². The molecule has 3 amide bonds. The van der Waals surface area contributed by atoms with Gasteiger partial charge in [0, 0.05) is 37.1 Å². The number of anilines is 1. The second-order valence-corrected chi connectivity index (χ2v) is 8.41. The zero-order chi connectivity index (χ0) is 23.9. The molecule has 1 aliphatic heterocycles. The van der Waals surface area contributed by atoms with Crippen molar-refractivity contribution in [1.29, 1.82) is 0 Å². The third kappa shape index (κ3) is 5.49. The van der Waals surface area contributed by atoms with Crippen molar-refractivity contribution < 1.29 is 14.4 Å². The number of carbonyl (C=O) groups excluding carboxylic acids is 3. The first-order chi connectivity index (χ1) is 16.5. The number of amides is 3. The number of nitrogens with one attached hydrogen (secondary N) is 2. The summed E-state index contributed by atoms with van der Waals surface area (Å²) < 4.78 is 0. The van der Waals surface area contributed by atoms with E-state index in [0.717, 1.165) is 30.4 Å². The molecule has 0 spiro atoms. The maximum Gasteiger partial charge on any atom is 0.252 e. The predicted octanol–water partition coefficient (Wildman–Crippen LogP) is 4.26. The Bertz CT molecular complexity index is 1150. The molecule has 1 aliphatic rings. The van der Waals surface area contributed by atoms with Crippen molar-refractivity contribution in [1.82, 2.24) is 15.2 Å². The SMILES string of the molecule is CC(=O)Nc1cccc(C(=O)NC(C(=O)N2CCCCC2c2cccnc2)c2ccccc2)c1. The first kappa shape index (κ1) is 23.2. The average Bonchev–Trinajstić information content (AvgIpc) is 2.87. The van der Waals surface area contributed by atoms with Gasteiger partial charge in [0.2, 0.25) is 11.8 Å². The van der Waals surface area contributed by atoms with E-state index in [9.17, 15) is 14.4 Å². The highest BCUT2D eigenvalue weighted by molar-refractivity contribution is 5.99. The molecule has 2 heterocycles. The van der Waals surface area contributed by atoms with E-state index in [-0.39, 0.29) is 23.8 Å². The quantitative estimate of drug-likeness (QED) is 0.580. The summed E-state index contributed by atoms with van der Waals surface area (Å²) in [5.41, 5.74) is 2.60. The smallest absolute Gasteiger partial charge is 0.252 e. The highest BCUT2D eigenvalue weighted by Gasteiger charge is 2.34. The number of aromatic nitrogens is 1. The van der Waals surface area contributed by atoms with Crippen molar-refractivity contribution >= 4 is 23.4 Å². The minimum absolute atomic E-state index is 0.0823. The molecular weight excluding hydrogens is 428 g/mol. The number of hydrogen-bond acceptors (Lipinski definition) is 4. The van der Waals surface area contributed by atoms with E-state index >= 15 is 0 Å². The van der Waals surface area contributed by atoms with E-state index in [1.807, 2.05) is 47.4 Å². The Kier molecular flexibility index (Phi) is 7.32. The van der Waals surface area contributed by atoms with Gasteiger partial charge in [-0.25, -0.2) is 0 Å². The van der Waals surface area contributed by atoms with Gasteiger partial charge in [0.1, 0.15) is 6.04 Å². The summed E-state index contributed by atoms with van der Waals surface area (Å²) in [5.74, 6) is -0.753. The molecule has 2 unspecified atom stereocenters. The van der Waals surface area contributed by atoms with Gasteiger partial charge in [-0.2, -0.15) is 0 Å². The van der Waals surface area contributed by atoms with Crippen molar-refractivity contribution in [3.05, 3.63) is 95.8 Å². The second kappa shape index (κ2) is 10.7. The van der Waals surface area contributed by atoms with Crippen molar-refractivity contribution in [3.8, 4) is 0 Å². The molecule has 174 valence electrons. The molecule has 1 aromatic heterocycles. The Morgan fingerprint density at radius 1 is 1.00 bits per heavy atom. The lowest BCUT2D eigenvalue weighted by molar-refractivity contribution is -0.137. The lowest BCUT2D eigenvalue weighted by atomic mass is 9.94. The Morgan fingerprint density at radius 2 is 1.82 bits per heavy atom. The third-order valence-corrected chi connectivity index (χ3v) is 5.96. The van der Waals surface area contributed by atoms with Crippen LogP contribution >= 0.6 is 0 Å². The van der Waals surface area contributed by atoms with Gasteiger partial charge in [-0.3, -0.25) is 19.4 Å². The molecule has 2 aromatic carbocycles. The van der Waals surface area contributed by atoms with E-state index < -0.39 is 6.04 Å². The number of hydrogen-bond donors (Lipinski definition) is 2. The Hall–Kier alpha value is -4.00. The highest BCUT2D eigenvalue weighted by atomic mass is 16.2. The Labute approximate surface area is 199 Å². The molecule has 2 atom stereocenters. The second-order valence-electron chi connectivity index (χ2n) is 8.41. The van der Waals surface area contributed by atoms with Gasteiger partial charge in [-0.1, -0.05) is 42.5 Å². The molecular formula is C27H28N4O3. The number of benzene rings is 2. The molecule has 2 N–H and O–H groups in total. The van der Waals surface area contributed by atoms with Crippen LogP contribution in [0.5, 0.6) is 0 Å². The van der Waals surface area contributed by atoms with Crippen LogP contribution in [0.2, 0.25) is 0 Å². The van der Waals surface area contributed by atoms with Crippen molar-refractivity contribution in [2.24, 2.45) is 0 Å². The minimum Gasteiger partial charge on any atom is -0.336 e. The Balaban J connectivity index is 1.62. The predicted molar refractivity (Wildman–Crippen MR) is 130 cm³/mol. The van der Waals surface area contributed by atoms with Crippen LogP contribution in [0.1, 0.15) is 59.8 Å². The molecule has 0 aliphatic carbocycles. The number of likely N-dealkylation sites (tertiary alicyclic amines) is 1. The van der Waals surface area contributed by atoms with Gasteiger partial charge >= 0.3 is 0 Å². The van der Waals surface area contributed by atoms with Gasteiger partial charge < -0.3 is 15.5 Å². The van der Waals surface area contributed by atoms with Crippen LogP contribution in [0.25, 0.3) is 0 Å². The molecule has 4 rings (SSSR count). The summed E-state index contributed by atoms with van der Waals surface area (Å²) in [5, 5.41) is 5.62. The van der Waals surface area contributed by atoms with Crippen LogP contribution < -0.4 is 10.6 Å². The maximum atomic E-state index is 13.9. The van der Waals surface area contributed by atoms with E-state index in [1.165, 1.54) is 6.92 Å². The first-order valence-electron chi connectivity index (χ1n) is 11.5. The van der Waals surface area contributed by atoms with Gasteiger partial charge in [0.25, 0.3) is 5.91 Å². The molecule has 1 saturated heterocycles. The summed E-state index contributed by atoms with van der Waals surface area (Å²) in [7, 11) is 0. The fourth-order valence-electron chi connectivity index (χ4n) is 4.37. The van der Waals surface area contributed by atoms with Gasteiger partial charge in [0.05, 0.1) is 6.04 Å². The normalized spacial score (nSPS) is 16.4. The number of nitrogens with zero attached hydrogens (tertiary/aromatic N) is 2. The number of rotatable bonds is 6.